The molecule has 1 unspecified atom stereocenters. The summed E-state index contributed by atoms with van der Waals surface area (Å²) in [6.07, 6.45) is 3.52. The minimum Gasteiger partial charge on any atom is -0.393 e. The number of nitrogens with zero attached hydrogens (tertiary/aromatic N) is 2. The second kappa shape index (κ2) is 6.58. The SMILES string of the molecule is CCn1nccc1CNCCCC(C)O. The average Bonchev–Trinajstić information content (AvgIpc) is 2.64. The van der Waals surface area contributed by atoms with Gasteiger partial charge in [-0.2, -0.15) is 5.10 Å². The van der Waals surface area contributed by atoms with Crippen molar-refractivity contribution in [3.8, 4) is 0 Å². The smallest absolute Gasteiger partial charge is 0.0521 e. The largest absolute Gasteiger partial charge is 0.393 e. The topological polar surface area (TPSA) is 50.1 Å². The van der Waals surface area contributed by atoms with Crippen LogP contribution < -0.4 is 5.32 Å². The molecule has 1 aromatic heterocycles. The predicted molar refractivity (Wildman–Crippen MR) is 60.5 cm³/mol. The molecule has 4 nitrogen and oxygen atoms in total. The molecule has 0 aliphatic heterocycles. The molecule has 0 saturated carbocycles. The van der Waals surface area contributed by atoms with Crippen molar-refractivity contribution in [1.29, 1.82) is 0 Å². The van der Waals surface area contributed by atoms with Crippen LogP contribution in [-0.4, -0.2) is 27.5 Å². The molecule has 0 spiro atoms. The van der Waals surface area contributed by atoms with Gasteiger partial charge in [-0.1, -0.05) is 0 Å². The fraction of sp³-hybridized carbons (Fsp3) is 0.727. The van der Waals surface area contributed by atoms with E-state index in [2.05, 4.69) is 17.3 Å². The Balaban J connectivity index is 2.15. The first-order valence-electron chi connectivity index (χ1n) is 5.63. The summed E-state index contributed by atoms with van der Waals surface area (Å²) >= 11 is 0. The lowest BCUT2D eigenvalue weighted by Gasteiger charge is -2.07. The zero-order valence-electron chi connectivity index (χ0n) is 9.61. The van der Waals surface area contributed by atoms with E-state index in [4.69, 9.17) is 5.11 Å². The van der Waals surface area contributed by atoms with Crippen LogP contribution in [0.1, 0.15) is 32.4 Å². The quantitative estimate of drug-likeness (QED) is 0.665. The molecular weight excluding hydrogens is 190 g/mol. The molecule has 86 valence electrons. The zero-order chi connectivity index (χ0) is 11.1. The highest BCUT2D eigenvalue weighted by Gasteiger charge is 1.99. The number of aryl methyl sites for hydroxylation is 1. The number of aliphatic hydroxyl groups is 1. The summed E-state index contributed by atoms with van der Waals surface area (Å²) in [6.45, 7) is 6.63. The molecule has 2 N–H and O–H groups in total. The monoisotopic (exact) mass is 211 g/mol. The van der Waals surface area contributed by atoms with Crippen molar-refractivity contribution in [2.75, 3.05) is 6.54 Å². The third-order valence-electron chi connectivity index (χ3n) is 2.39. The highest BCUT2D eigenvalue weighted by molar-refractivity contribution is 4.99. The number of hydrogen-bond donors (Lipinski definition) is 2. The van der Waals surface area contributed by atoms with Crippen LogP contribution in [-0.2, 0) is 13.1 Å². The highest BCUT2D eigenvalue weighted by Crippen LogP contribution is 1.99. The van der Waals surface area contributed by atoms with Gasteiger partial charge in [-0.3, -0.25) is 4.68 Å². The van der Waals surface area contributed by atoms with E-state index in [9.17, 15) is 0 Å². The van der Waals surface area contributed by atoms with Gasteiger partial charge in [-0.05, 0) is 39.3 Å². The van der Waals surface area contributed by atoms with Crippen LogP contribution in [0.15, 0.2) is 12.3 Å². The molecule has 1 heterocycles. The third kappa shape index (κ3) is 4.44. The van der Waals surface area contributed by atoms with E-state index in [1.54, 1.807) is 0 Å². The summed E-state index contributed by atoms with van der Waals surface area (Å²) in [5, 5.41) is 16.6. The van der Waals surface area contributed by atoms with Crippen molar-refractivity contribution in [3.05, 3.63) is 18.0 Å². The van der Waals surface area contributed by atoms with Crippen molar-refractivity contribution in [3.63, 3.8) is 0 Å². The maximum absolute atomic E-state index is 9.08. The summed E-state index contributed by atoms with van der Waals surface area (Å²) in [5.74, 6) is 0. The van der Waals surface area contributed by atoms with Gasteiger partial charge in [0.15, 0.2) is 0 Å². The number of aromatic nitrogens is 2. The van der Waals surface area contributed by atoms with Gasteiger partial charge in [0.25, 0.3) is 0 Å². The Labute approximate surface area is 91.3 Å². The molecule has 1 aromatic rings. The van der Waals surface area contributed by atoms with Crippen LogP contribution in [0.4, 0.5) is 0 Å². The molecule has 0 aliphatic carbocycles. The summed E-state index contributed by atoms with van der Waals surface area (Å²) in [6, 6.07) is 2.03. The number of nitrogens with one attached hydrogen (secondary N) is 1. The lowest BCUT2D eigenvalue weighted by atomic mass is 10.2. The Bertz CT molecular complexity index is 271. The van der Waals surface area contributed by atoms with Crippen LogP contribution in [0.5, 0.6) is 0 Å². The van der Waals surface area contributed by atoms with Gasteiger partial charge >= 0.3 is 0 Å². The molecule has 15 heavy (non-hydrogen) atoms. The first kappa shape index (κ1) is 12.2. The van der Waals surface area contributed by atoms with Gasteiger partial charge in [0, 0.05) is 19.3 Å². The number of rotatable bonds is 7. The number of hydrogen-bond acceptors (Lipinski definition) is 3. The Morgan fingerprint density at radius 2 is 2.40 bits per heavy atom. The second-order valence-corrected chi connectivity index (χ2v) is 3.81. The van der Waals surface area contributed by atoms with Crippen molar-refractivity contribution in [1.82, 2.24) is 15.1 Å². The maximum atomic E-state index is 9.08. The summed E-state index contributed by atoms with van der Waals surface area (Å²) in [4.78, 5) is 0. The summed E-state index contributed by atoms with van der Waals surface area (Å²) < 4.78 is 1.99. The molecule has 0 aromatic carbocycles. The molecule has 0 aliphatic rings. The molecule has 0 fully saturated rings. The summed E-state index contributed by atoms with van der Waals surface area (Å²) in [5.41, 5.74) is 1.22. The molecule has 0 bridgehead atoms. The Morgan fingerprint density at radius 1 is 1.60 bits per heavy atom. The molecular formula is C11H21N3O. The zero-order valence-corrected chi connectivity index (χ0v) is 9.61. The predicted octanol–water partition coefficient (Wildman–Crippen LogP) is 1.15. The van der Waals surface area contributed by atoms with Crippen LogP contribution in [0.2, 0.25) is 0 Å². The Kier molecular flexibility index (Phi) is 5.36. The van der Waals surface area contributed by atoms with Crippen molar-refractivity contribution >= 4 is 0 Å². The normalized spacial score (nSPS) is 13.0. The van der Waals surface area contributed by atoms with Gasteiger partial charge in [0.2, 0.25) is 0 Å². The third-order valence-corrected chi connectivity index (χ3v) is 2.39. The van der Waals surface area contributed by atoms with Crippen LogP contribution >= 0.6 is 0 Å². The second-order valence-electron chi connectivity index (χ2n) is 3.81. The molecule has 0 amide bonds. The molecule has 1 rings (SSSR count). The minimum atomic E-state index is -0.187. The van der Waals surface area contributed by atoms with E-state index in [0.29, 0.717) is 0 Å². The molecule has 1 atom stereocenters. The average molecular weight is 211 g/mol. The first-order chi connectivity index (χ1) is 7.24. The molecule has 0 saturated heterocycles. The van der Waals surface area contributed by atoms with Crippen molar-refractivity contribution < 1.29 is 5.11 Å². The highest BCUT2D eigenvalue weighted by atomic mass is 16.3. The van der Waals surface area contributed by atoms with Gasteiger partial charge in [0.1, 0.15) is 0 Å². The minimum absolute atomic E-state index is 0.187. The van der Waals surface area contributed by atoms with Crippen LogP contribution in [0.25, 0.3) is 0 Å². The number of aliphatic hydroxyl groups excluding tert-OH is 1. The fourth-order valence-electron chi connectivity index (χ4n) is 1.53. The van der Waals surface area contributed by atoms with E-state index >= 15 is 0 Å². The van der Waals surface area contributed by atoms with E-state index in [-0.39, 0.29) is 6.10 Å². The van der Waals surface area contributed by atoms with Crippen molar-refractivity contribution in [2.24, 2.45) is 0 Å². The van der Waals surface area contributed by atoms with E-state index in [1.807, 2.05) is 23.9 Å². The van der Waals surface area contributed by atoms with Gasteiger partial charge in [0.05, 0.1) is 11.8 Å². The Hall–Kier alpha value is -0.870. The van der Waals surface area contributed by atoms with Crippen molar-refractivity contribution in [2.45, 2.75) is 45.9 Å². The lowest BCUT2D eigenvalue weighted by Crippen LogP contribution is -2.18. The summed E-state index contributed by atoms with van der Waals surface area (Å²) in [7, 11) is 0. The van der Waals surface area contributed by atoms with Gasteiger partial charge in [-0.15, -0.1) is 0 Å². The van der Waals surface area contributed by atoms with E-state index in [0.717, 1.165) is 32.5 Å². The van der Waals surface area contributed by atoms with Gasteiger partial charge in [-0.25, -0.2) is 0 Å². The van der Waals surface area contributed by atoms with Gasteiger partial charge < -0.3 is 10.4 Å². The lowest BCUT2D eigenvalue weighted by molar-refractivity contribution is 0.181. The first-order valence-corrected chi connectivity index (χ1v) is 5.63. The standard InChI is InChI=1S/C11H21N3O/c1-3-14-11(6-8-13-14)9-12-7-4-5-10(2)15/h6,8,10,12,15H,3-5,7,9H2,1-2H3. The molecule has 0 radical (unpaired) electrons. The molecule has 4 heteroatoms. The van der Waals surface area contributed by atoms with Crippen LogP contribution in [0.3, 0.4) is 0 Å². The fourth-order valence-corrected chi connectivity index (χ4v) is 1.53. The maximum Gasteiger partial charge on any atom is 0.0521 e. The van der Waals surface area contributed by atoms with Crippen LogP contribution in [0, 0.1) is 0 Å². The van der Waals surface area contributed by atoms with E-state index < -0.39 is 0 Å². The Morgan fingerprint density at radius 3 is 3.07 bits per heavy atom. The van der Waals surface area contributed by atoms with E-state index in [1.165, 1.54) is 5.69 Å².